The highest BCUT2D eigenvalue weighted by molar-refractivity contribution is 8.13. The van der Waals surface area contributed by atoms with E-state index < -0.39 is 9.05 Å². The van der Waals surface area contributed by atoms with Crippen LogP contribution in [0.1, 0.15) is 30.6 Å². The van der Waals surface area contributed by atoms with Gasteiger partial charge in [-0.1, -0.05) is 13.8 Å². The number of hydrogen-bond donors (Lipinski definition) is 1. The summed E-state index contributed by atoms with van der Waals surface area (Å²) in [6, 6.07) is 4.04. The first-order valence-corrected chi connectivity index (χ1v) is 8.39. The van der Waals surface area contributed by atoms with Crippen molar-refractivity contribution in [2.75, 3.05) is 7.11 Å². The number of hydrogen-bond acceptors (Lipinski definition) is 4. The van der Waals surface area contributed by atoms with Crippen LogP contribution in [0.2, 0.25) is 0 Å². The zero-order chi connectivity index (χ0) is 15.1. The average molecular weight is 318 g/mol. The number of halogens is 1. The summed E-state index contributed by atoms with van der Waals surface area (Å²) < 4.78 is 27.8. The maximum atomic E-state index is 12.2. The lowest BCUT2D eigenvalue weighted by atomic mass is 10.1. The Labute approximate surface area is 122 Å². The molecule has 1 aromatic carbocycles. The van der Waals surface area contributed by atoms with E-state index in [0.717, 1.165) is 6.42 Å². The Kier molecular flexibility index (Phi) is 3.73. The predicted octanol–water partition coefficient (Wildman–Crippen LogP) is 2.15. The van der Waals surface area contributed by atoms with Gasteiger partial charge >= 0.3 is 0 Å². The van der Waals surface area contributed by atoms with Crippen molar-refractivity contribution in [3.8, 4) is 5.75 Å². The fourth-order valence-electron chi connectivity index (χ4n) is 1.97. The molecule has 0 bridgehead atoms. The van der Waals surface area contributed by atoms with E-state index in [1.165, 1.54) is 25.3 Å². The van der Waals surface area contributed by atoms with Crippen molar-refractivity contribution in [3.05, 3.63) is 23.8 Å². The van der Waals surface area contributed by atoms with Crippen LogP contribution in [0.15, 0.2) is 23.1 Å². The molecule has 5 nitrogen and oxygen atoms in total. The number of carbonyl (C=O) groups is 1. The predicted molar refractivity (Wildman–Crippen MR) is 75.7 cm³/mol. The maximum absolute atomic E-state index is 12.2. The lowest BCUT2D eigenvalue weighted by molar-refractivity contribution is 0.0943. The number of carbonyl (C=O) groups excluding carboxylic acids is 1. The molecule has 2 rings (SSSR count). The Morgan fingerprint density at radius 3 is 2.50 bits per heavy atom. The largest absolute Gasteiger partial charge is 0.496 e. The molecule has 1 fully saturated rings. The van der Waals surface area contributed by atoms with Crippen LogP contribution in [0.3, 0.4) is 0 Å². The number of nitrogens with one attached hydrogen (secondary N) is 1. The Morgan fingerprint density at radius 2 is 2.05 bits per heavy atom. The molecule has 1 aliphatic carbocycles. The first kappa shape index (κ1) is 15.1. The third-order valence-electron chi connectivity index (χ3n) is 3.52. The van der Waals surface area contributed by atoms with Crippen LogP contribution < -0.4 is 10.1 Å². The fourth-order valence-corrected chi connectivity index (χ4v) is 2.74. The highest BCUT2D eigenvalue weighted by atomic mass is 35.7. The average Bonchev–Trinajstić information content (AvgIpc) is 2.94. The lowest BCUT2D eigenvalue weighted by Gasteiger charge is -2.11. The molecule has 1 amide bonds. The van der Waals surface area contributed by atoms with Crippen LogP contribution in [-0.2, 0) is 9.05 Å². The highest BCUT2D eigenvalue weighted by Gasteiger charge is 2.46. The molecule has 1 atom stereocenters. The van der Waals surface area contributed by atoms with E-state index in [-0.39, 0.29) is 27.8 Å². The first-order valence-electron chi connectivity index (χ1n) is 6.09. The zero-order valence-electron chi connectivity index (χ0n) is 11.4. The molecule has 0 aliphatic heterocycles. The van der Waals surface area contributed by atoms with Gasteiger partial charge in [0.05, 0.1) is 17.6 Å². The Balaban J connectivity index is 2.31. The minimum atomic E-state index is -3.88. The van der Waals surface area contributed by atoms with Crippen LogP contribution in [-0.4, -0.2) is 27.5 Å². The maximum Gasteiger partial charge on any atom is 0.261 e. The van der Waals surface area contributed by atoms with Crippen molar-refractivity contribution in [1.29, 1.82) is 0 Å². The first-order chi connectivity index (χ1) is 9.15. The summed E-state index contributed by atoms with van der Waals surface area (Å²) >= 11 is 0. The van der Waals surface area contributed by atoms with Crippen molar-refractivity contribution >= 4 is 25.6 Å². The van der Waals surface area contributed by atoms with E-state index in [0.29, 0.717) is 5.75 Å². The molecule has 1 saturated carbocycles. The van der Waals surface area contributed by atoms with Crippen LogP contribution in [0.25, 0.3) is 0 Å². The summed E-state index contributed by atoms with van der Waals surface area (Å²) in [5.41, 5.74) is 0.246. The van der Waals surface area contributed by atoms with E-state index in [1.54, 1.807) is 0 Å². The molecule has 1 aromatic rings. The molecule has 0 heterocycles. The topological polar surface area (TPSA) is 72.5 Å². The number of methoxy groups -OCH3 is 1. The van der Waals surface area contributed by atoms with Gasteiger partial charge in [-0.2, -0.15) is 0 Å². The lowest BCUT2D eigenvalue weighted by Crippen LogP contribution is -2.28. The third-order valence-corrected chi connectivity index (χ3v) is 4.87. The van der Waals surface area contributed by atoms with Crippen LogP contribution >= 0.6 is 10.7 Å². The molecule has 0 aromatic heterocycles. The zero-order valence-corrected chi connectivity index (χ0v) is 13.0. The van der Waals surface area contributed by atoms with Gasteiger partial charge in [-0.25, -0.2) is 8.42 Å². The summed E-state index contributed by atoms with van der Waals surface area (Å²) in [5.74, 6) is -0.0513. The van der Waals surface area contributed by atoms with Gasteiger partial charge in [-0.15, -0.1) is 0 Å². The molecule has 1 aliphatic rings. The van der Waals surface area contributed by atoms with Gasteiger partial charge in [0.1, 0.15) is 5.75 Å². The van der Waals surface area contributed by atoms with E-state index in [9.17, 15) is 13.2 Å². The number of benzene rings is 1. The molecular weight excluding hydrogens is 302 g/mol. The van der Waals surface area contributed by atoms with E-state index in [4.69, 9.17) is 15.4 Å². The quantitative estimate of drug-likeness (QED) is 0.864. The van der Waals surface area contributed by atoms with Crippen LogP contribution in [0.5, 0.6) is 5.75 Å². The van der Waals surface area contributed by atoms with Gasteiger partial charge in [-0.3, -0.25) is 4.79 Å². The fraction of sp³-hybridized carbons (Fsp3) is 0.462. The van der Waals surface area contributed by atoms with Gasteiger partial charge < -0.3 is 10.1 Å². The molecule has 0 saturated heterocycles. The minimum Gasteiger partial charge on any atom is -0.496 e. The Morgan fingerprint density at radius 1 is 1.45 bits per heavy atom. The molecule has 7 heteroatoms. The summed E-state index contributed by atoms with van der Waals surface area (Å²) in [5, 5.41) is 2.86. The van der Waals surface area contributed by atoms with Crippen molar-refractivity contribution in [1.82, 2.24) is 5.32 Å². The second-order valence-corrected chi connectivity index (χ2v) is 8.08. The van der Waals surface area contributed by atoms with Crippen LogP contribution in [0.4, 0.5) is 0 Å². The summed E-state index contributed by atoms with van der Waals surface area (Å²) in [6.07, 6.45) is 0.897. The standard InChI is InChI=1S/C13H16ClNO4S/c1-13(2)7-11(13)15-12(16)9-6-8(20(14,17)18)4-5-10(9)19-3/h4-6,11H,7H2,1-3H3,(H,15,16). The van der Waals surface area contributed by atoms with Crippen molar-refractivity contribution < 1.29 is 17.9 Å². The van der Waals surface area contributed by atoms with E-state index in [1.807, 2.05) is 0 Å². The van der Waals surface area contributed by atoms with E-state index in [2.05, 4.69) is 19.2 Å². The minimum absolute atomic E-state index is 0.0824. The van der Waals surface area contributed by atoms with Crippen LogP contribution in [0, 0.1) is 5.41 Å². The van der Waals surface area contributed by atoms with Gasteiger partial charge in [0.2, 0.25) is 0 Å². The van der Waals surface area contributed by atoms with Gasteiger partial charge in [-0.05, 0) is 30.0 Å². The van der Waals surface area contributed by atoms with Crippen molar-refractivity contribution in [2.45, 2.75) is 31.2 Å². The summed E-state index contributed by atoms with van der Waals surface area (Å²) in [7, 11) is 2.83. The van der Waals surface area contributed by atoms with Gasteiger partial charge in [0, 0.05) is 16.7 Å². The monoisotopic (exact) mass is 317 g/mol. The second kappa shape index (κ2) is 4.93. The molecule has 1 unspecified atom stereocenters. The van der Waals surface area contributed by atoms with Crippen molar-refractivity contribution in [2.24, 2.45) is 5.41 Å². The smallest absolute Gasteiger partial charge is 0.261 e. The number of ether oxygens (including phenoxy) is 1. The molecule has 110 valence electrons. The molecule has 0 spiro atoms. The highest BCUT2D eigenvalue weighted by Crippen LogP contribution is 2.44. The number of rotatable bonds is 4. The SMILES string of the molecule is COc1ccc(S(=O)(=O)Cl)cc1C(=O)NC1CC1(C)C. The molecular formula is C13H16ClNO4S. The summed E-state index contributed by atoms with van der Waals surface area (Å²) in [6.45, 7) is 4.10. The van der Waals surface area contributed by atoms with Crippen molar-refractivity contribution in [3.63, 3.8) is 0 Å². The Bertz CT molecular complexity index is 654. The molecule has 1 N–H and O–H groups in total. The van der Waals surface area contributed by atoms with Gasteiger partial charge in [0.25, 0.3) is 15.0 Å². The summed E-state index contributed by atoms with van der Waals surface area (Å²) in [4.78, 5) is 12.1. The third kappa shape index (κ3) is 3.07. The second-order valence-electron chi connectivity index (χ2n) is 5.52. The normalized spacial score (nSPS) is 20.3. The molecule has 20 heavy (non-hydrogen) atoms. The number of amides is 1. The Hall–Kier alpha value is -1.27. The van der Waals surface area contributed by atoms with Gasteiger partial charge in [0.15, 0.2) is 0 Å². The molecule has 0 radical (unpaired) electrons. The van der Waals surface area contributed by atoms with E-state index >= 15 is 0 Å².